The van der Waals surface area contributed by atoms with Crippen LogP contribution < -0.4 is 10.6 Å². The maximum atomic E-state index is 14.1. The Hall–Kier alpha value is -2.07. The fraction of sp³-hybridized carbons (Fsp3) is 0.200. The summed E-state index contributed by atoms with van der Waals surface area (Å²) in [5.74, 6) is -0.150. The number of phenolic OH excluding ortho intramolecular Hbond substituents is 1. The molecule has 0 saturated carbocycles. The van der Waals surface area contributed by atoms with E-state index in [0.29, 0.717) is 18.8 Å². The van der Waals surface area contributed by atoms with E-state index in [0.717, 1.165) is 11.3 Å². The molecule has 0 fully saturated rings. The Morgan fingerprint density at radius 2 is 2.00 bits per heavy atom. The highest BCUT2D eigenvalue weighted by Gasteiger charge is 2.12. The topological polar surface area (TPSA) is 49.5 Å². The lowest BCUT2D eigenvalue weighted by Crippen LogP contribution is -2.17. The zero-order valence-electron chi connectivity index (χ0n) is 10.8. The first-order chi connectivity index (χ1) is 9.15. The second-order valence-electron chi connectivity index (χ2n) is 4.25. The smallest absolute Gasteiger partial charge is 0.147 e. The number of phenols is 1. The molecule has 0 aromatic heterocycles. The van der Waals surface area contributed by atoms with Crippen molar-refractivity contribution in [2.75, 3.05) is 11.4 Å². The number of hydrogen-bond acceptors (Lipinski definition) is 3. The summed E-state index contributed by atoms with van der Waals surface area (Å²) in [4.78, 5) is 1.80. The number of benzene rings is 2. The third kappa shape index (κ3) is 2.85. The molecule has 19 heavy (non-hydrogen) atoms. The second kappa shape index (κ2) is 5.71. The predicted molar refractivity (Wildman–Crippen MR) is 75.1 cm³/mol. The van der Waals surface area contributed by atoms with Gasteiger partial charge in [-0.1, -0.05) is 12.1 Å². The van der Waals surface area contributed by atoms with E-state index < -0.39 is 0 Å². The van der Waals surface area contributed by atoms with Gasteiger partial charge in [0.2, 0.25) is 0 Å². The first-order valence-electron chi connectivity index (χ1n) is 6.20. The molecule has 0 amide bonds. The van der Waals surface area contributed by atoms with Gasteiger partial charge in [0.15, 0.2) is 0 Å². The molecule has 0 spiro atoms. The molecule has 2 aromatic carbocycles. The second-order valence-corrected chi connectivity index (χ2v) is 4.25. The van der Waals surface area contributed by atoms with Crippen molar-refractivity contribution < 1.29 is 9.50 Å². The van der Waals surface area contributed by atoms with E-state index in [9.17, 15) is 9.50 Å². The van der Waals surface area contributed by atoms with Gasteiger partial charge in [0.05, 0.1) is 5.69 Å². The Kier molecular flexibility index (Phi) is 4.02. The molecule has 0 atom stereocenters. The number of nitrogens with zero attached hydrogens (tertiary/aromatic N) is 1. The fourth-order valence-electron chi connectivity index (χ4n) is 2.05. The molecular formula is C15H17FN2O. The number of aromatic hydroxyl groups is 1. The molecule has 3 nitrogen and oxygen atoms in total. The van der Waals surface area contributed by atoms with Crippen LogP contribution in [0.5, 0.6) is 5.75 Å². The van der Waals surface area contributed by atoms with E-state index in [1.807, 2.05) is 19.1 Å². The van der Waals surface area contributed by atoms with Gasteiger partial charge in [-0.2, -0.15) is 0 Å². The highest BCUT2D eigenvalue weighted by atomic mass is 19.1. The average Bonchev–Trinajstić information content (AvgIpc) is 2.41. The first-order valence-corrected chi connectivity index (χ1v) is 6.20. The van der Waals surface area contributed by atoms with Crippen molar-refractivity contribution >= 4 is 11.4 Å². The van der Waals surface area contributed by atoms with Crippen LogP contribution in [-0.4, -0.2) is 11.7 Å². The first kappa shape index (κ1) is 13.4. The van der Waals surface area contributed by atoms with Gasteiger partial charge in [-0.25, -0.2) is 4.39 Å². The largest absolute Gasteiger partial charge is 0.508 e. The van der Waals surface area contributed by atoms with Crippen molar-refractivity contribution in [3.05, 3.63) is 53.8 Å². The van der Waals surface area contributed by atoms with Crippen LogP contribution in [0.4, 0.5) is 15.8 Å². The van der Waals surface area contributed by atoms with Crippen LogP contribution in [0.3, 0.4) is 0 Å². The SMILES string of the molecule is CCN(c1cccc(O)c1)c1ccc(CN)cc1F. The van der Waals surface area contributed by atoms with E-state index in [1.54, 1.807) is 29.2 Å². The molecule has 2 rings (SSSR count). The highest BCUT2D eigenvalue weighted by Crippen LogP contribution is 2.30. The molecule has 0 aliphatic heterocycles. The third-order valence-corrected chi connectivity index (χ3v) is 3.00. The lowest BCUT2D eigenvalue weighted by Gasteiger charge is -2.24. The van der Waals surface area contributed by atoms with Gasteiger partial charge in [-0.3, -0.25) is 0 Å². The summed E-state index contributed by atoms with van der Waals surface area (Å²) in [6.07, 6.45) is 0. The van der Waals surface area contributed by atoms with E-state index in [2.05, 4.69) is 0 Å². The average molecular weight is 260 g/mol. The minimum absolute atomic E-state index is 0.162. The van der Waals surface area contributed by atoms with Gasteiger partial charge >= 0.3 is 0 Å². The van der Waals surface area contributed by atoms with Crippen molar-refractivity contribution in [1.29, 1.82) is 0 Å². The normalized spacial score (nSPS) is 10.5. The molecule has 0 saturated heterocycles. The van der Waals surface area contributed by atoms with Crippen LogP contribution in [-0.2, 0) is 6.54 Å². The molecule has 0 unspecified atom stereocenters. The van der Waals surface area contributed by atoms with E-state index >= 15 is 0 Å². The number of hydrogen-bond donors (Lipinski definition) is 2. The number of rotatable bonds is 4. The molecule has 4 heteroatoms. The number of anilines is 2. The molecule has 0 aliphatic carbocycles. The Bertz CT molecular complexity index is 572. The Morgan fingerprint density at radius 3 is 2.58 bits per heavy atom. The standard InChI is InChI=1S/C15H17FN2O/c1-2-18(12-4-3-5-13(19)9-12)15-7-6-11(10-17)8-14(15)16/h3-9,19H,2,10,17H2,1H3. The molecule has 0 bridgehead atoms. The van der Waals surface area contributed by atoms with Crippen molar-refractivity contribution in [3.8, 4) is 5.75 Å². The molecule has 0 radical (unpaired) electrons. The van der Waals surface area contributed by atoms with Crippen LogP contribution in [0.1, 0.15) is 12.5 Å². The summed E-state index contributed by atoms with van der Waals surface area (Å²) in [6.45, 7) is 2.85. The van der Waals surface area contributed by atoms with Crippen LogP contribution in [0.2, 0.25) is 0 Å². The maximum Gasteiger partial charge on any atom is 0.147 e. The van der Waals surface area contributed by atoms with Crippen LogP contribution in [0, 0.1) is 5.82 Å². The summed E-state index contributed by atoms with van der Waals surface area (Å²) in [5.41, 5.74) is 7.48. The highest BCUT2D eigenvalue weighted by molar-refractivity contribution is 5.65. The molecule has 0 heterocycles. The van der Waals surface area contributed by atoms with Crippen LogP contribution >= 0.6 is 0 Å². The Labute approximate surface area is 112 Å². The lowest BCUT2D eigenvalue weighted by molar-refractivity contribution is 0.475. The molecular weight excluding hydrogens is 243 g/mol. The summed E-state index contributed by atoms with van der Waals surface area (Å²) in [6, 6.07) is 11.7. The Balaban J connectivity index is 2.42. The zero-order valence-corrected chi connectivity index (χ0v) is 10.8. The number of halogens is 1. The minimum atomic E-state index is -0.312. The fourth-order valence-corrected chi connectivity index (χ4v) is 2.05. The van der Waals surface area contributed by atoms with Gasteiger partial charge in [-0.05, 0) is 36.8 Å². The molecule has 0 aliphatic rings. The van der Waals surface area contributed by atoms with Crippen LogP contribution in [0.25, 0.3) is 0 Å². The van der Waals surface area contributed by atoms with Crippen molar-refractivity contribution in [3.63, 3.8) is 0 Å². The van der Waals surface area contributed by atoms with Crippen molar-refractivity contribution in [2.24, 2.45) is 5.73 Å². The predicted octanol–water partition coefficient (Wildman–Crippen LogP) is 3.15. The van der Waals surface area contributed by atoms with E-state index in [4.69, 9.17) is 5.73 Å². The molecule has 3 N–H and O–H groups in total. The quantitative estimate of drug-likeness (QED) is 0.887. The Morgan fingerprint density at radius 1 is 1.21 bits per heavy atom. The zero-order chi connectivity index (χ0) is 13.8. The third-order valence-electron chi connectivity index (χ3n) is 3.00. The van der Waals surface area contributed by atoms with Gasteiger partial charge in [0.25, 0.3) is 0 Å². The molecule has 100 valence electrons. The number of nitrogens with two attached hydrogens (primary N) is 1. The van der Waals surface area contributed by atoms with Crippen molar-refractivity contribution in [1.82, 2.24) is 0 Å². The monoisotopic (exact) mass is 260 g/mol. The minimum Gasteiger partial charge on any atom is -0.508 e. The summed E-state index contributed by atoms with van der Waals surface area (Å²) in [5, 5.41) is 9.52. The van der Waals surface area contributed by atoms with Gasteiger partial charge < -0.3 is 15.7 Å². The summed E-state index contributed by atoms with van der Waals surface area (Å²) < 4.78 is 14.1. The summed E-state index contributed by atoms with van der Waals surface area (Å²) >= 11 is 0. The summed E-state index contributed by atoms with van der Waals surface area (Å²) in [7, 11) is 0. The van der Waals surface area contributed by atoms with E-state index in [-0.39, 0.29) is 11.6 Å². The lowest BCUT2D eigenvalue weighted by atomic mass is 10.1. The van der Waals surface area contributed by atoms with Crippen molar-refractivity contribution in [2.45, 2.75) is 13.5 Å². The van der Waals surface area contributed by atoms with Crippen LogP contribution in [0.15, 0.2) is 42.5 Å². The van der Waals surface area contributed by atoms with E-state index in [1.165, 1.54) is 6.07 Å². The molecule has 2 aromatic rings. The van der Waals surface area contributed by atoms with Gasteiger partial charge in [-0.15, -0.1) is 0 Å². The van der Waals surface area contributed by atoms with Gasteiger partial charge in [0.1, 0.15) is 11.6 Å². The van der Waals surface area contributed by atoms with Gasteiger partial charge in [0, 0.05) is 24.8 Å². The maximum absolute atomic E-state index is 14.1.